The quantitative estimate of drug-likeness (QED) is 0.725. The van der Waals surface area contributed by atoms with Crippen molar-refractivity contribution in [2.45, 2.75) is 19.4 Å². The second-order valence-electron chi connectivity index (χ2n) is 3.17. The Balaban J connectivity index is 3.26. The van der Waals surface area contributed by atoms with Gasteiger partial charge in [-0.1, -0.05) is 0 Å². The number of likely N-dealkylation sites (N-methyl/N-ethyl adjacent to an activating group) is 1. The Morgan fingerprint density at radius 3 is 2.50 bits per heavy atom. The van der Waals surface area contributed by atoms with Gasteiger partial charge in [0.15, 0.2) is 5.54 Å². The molecule has 0 aliphatic heterocycles. The molecule has 0 spiro atoms. The Kier molecular flexibility index (Phi) is 2.81. The number of rotatable bonds is 3. The summed E-state index contributed by atoms with van der Waals surface area (Å²) < 4.78 is 0. The molecule has 2 N–H and O–H groups in total. The third-order valence-electron chi connectivity index (χ3n) is 2.28. The van der Waals surface area contributed by atoms with Crippen LogP contribution in [0.3, 0.4) is 0 Å². The van der Waals surface area contributed by atoms with Crippen LogP contribution in [0.25, 0.3) is 0 Å². The Hall–Kier alpha value is -1.49. The molecule has 5 heteroatoms. The molecular formula is C9H13N3O2. The number of hydrogen-bond donors (Lipinski definition) is 2. The van der Waals surface area contributed by atoms with Crippen LogP contribution in [-0.4, -0.2) is 28.1 Å². The average Bonchev–Trinajstić information content (AvgIpc) is 2.17. The van der Waals surface area contributed by atoms with Crippen molar-refractivity contribution in [1.29, 1.82) is 0 Å². The van der Waals surface area contributed by atoms with Crippen LogP contribution in [0, 0.1) is 6.92 Å². The van der Waals surface area contributed by atoms with Crippen molar-refractivity contribution in [2.24, 2.45) is 0 Å². The highest BCUT2D eigenvalue weighted by molar-refractivity contribution is 5.79. The molecule has 1 aromatic heterocycles. The lowest BCUT2D eigenvalue weighted by Crippen LogP contribution is -2.45. The first-order valence-electron chi connectivity index (χ1n) is 4.22. The molecule has 76 valence electrons. The Labute approximate surface area is 82.2 Å². The molecule has 0 bridgehead atoms. The first-order valence-corrected chi connectivity index (χ1v) is 4.22. The summed E-state index contributed by atoms with van der Waals surface area (Å²) in [5, 5.41) is 11.8. The minimum absolute atomic E-state index is 0.440. The highest BCUT2D eigenvalue weighted by Crippen LogP contribution is 2.19. The van der Waals surface area contributed by atoms with E-state index >= 15 is 0 Å². The fraction of sp³-hybridized carbons (Fsp3) is 0.444. The van der Waals surface area contributed by atoms with E-state index < -0.39 is 11.5 Å². The minimum atomic E-state index is -1.18. The number of aryl methyl sites for hydroxylation is 1. The maximum absolute atomic E-state index is 11.1. The molecule has 14 heavy (non-hydrogen) atoms. The monoisotopic (exact) mass is 195 g/mol. The molecule has 0 aliphatic rings. The summed E-state index contributed by atoms with van der Waals surface area (Å²) in [6.45, 7) is 3.30. The van der Waals surface area contributed by atoms with E-state index in [1.165, 1.54) is 12.4 Å². The number of aromatic nitrogens is 2. The van der Waals surface area contributed by atoms with E-state index in [2.05, 4.69) is 15.3 Å². The Morgan fingerprint density at radius 1 is 1.50 bits per heavy atom. The van der Waals surface area contributed by atoms with Crippen LogP contribution in [0.15, 0.2) is 12.4 Å². The van der Waals surface area contributed by atoms with Gasteiger partial charge in [-0.15, -0.1) is 0 Å². The number of carboxylic acid groups (broad SMARTS) is 1. The maximum atomic E-state index is 11.1. The number of carbonyl (C=O) groups is 1. The summed E-state index contributed by atoms with van der Waals surface area (Å²) in [4.78, 5) is 19.1. The van der Waals surface area contributed by atoms with Crippen molar-refractivity contribution in [1.82, 2.24) is 15.3 Å². The molecule has 1 unspecified atom stereocenters. The van der Waals surface area contributed by atoms with Gasteiger partial charge < -0.3 is 10.4 Å². The third-order valence-corrected chi connectivity index (χ3v) is 2.28. The van der Waals surface area contributed by atoms with Crippen LogP contribution in [-0.2, 0) is 10.3 Å². The average molecular weight is 195 g/mol. The lowest BCUT2D eigenvalue weighted by atomic mass is 9.96. The van der Waals surface area contributed by atoms with Gasteiger partial charge in [0.1, 0.15) is 0 Å². The van der Waals surface area contributed by atoms with E-state index in [4.69, 9.17) is 5.11 Å². The lowest BCUT2D eigenvalue weighted by Gasteiger charge is -2.24. The molecule has 5 nitrogen and oxygen atoms in total. The van der Waals surface area contributed by atoms with Crippen LogP contribution in [0.2, 0.25) is 0 Å². The van der Waals surface area contributed by atoms with E-state index in [1.54, 1.807) is 20.9 Å². The second kappa shape index (κ2) is 3.71. The van der Waals surface area contributed by atoms with E-state index in [0.29, 0.717) is 11.4 Å². The first kappa shape index (κ1) is 10.6. The largest absolute Gasteiger partial charge is 0.480 e. The molecule has 1 atom stereocenters. The van der Waals surface area contributed by atoms with Gasteiger partial charge in [-0.2, -0.15) is 0 Å². The van der Waals surface area contributed by atoms with E-state index in [1.807, 2.05) is 0 Å². The van der Waals surface area contributed by atoms with Gasteiger partial charge >= 0.3 is 5.97 Å². The summed E-state index contributed by atoms with van der Waals surface area (Å²) in [6.07, 6.45) is 3.03. The van der Waals surface area contributed by atoms with Crippen LogP contribution in [0.1, 0.15) is 18.3 Å². The highest BCUT2D eigenvalue weighted by atomic mass is 16.4. The maximum Gasteiger partial charge on any atom is 0.329 e. The van der Waals surface area contributed by atoms with E-state index in [9.17, 15) is 4.79 Å². The van der Waals surface area contributed by atoms with Gasteiger partial charge in [0, 0.05) is 12.4 Å². The summed E-state index contributed by atoms with van der Waals surface area (Å²) >= 11 is 0. The zero-order chi connectivity index (χ0) is 10.8. The van der Waals surface area contributed by atoms with Gasteiger partial charge in [-0.05, 0) is 20.9 Å². The highest BCUT2D eigenvalue weighted by Gasteiger charge is 2.36. The van der Waals surface area contributed by atoms with Gasteiger partial charge in [0.2, 0.25) is 0 Å². The summed E-state index contributed by atoms with van der Waals surface area (Å²) in [5.41, 5.74) is -0.125. The topological polar surface area (TPSA) is 75.1 Å². The zero-order valence-corrected chi connectivity index (χ0v) is 8.40. The summed E-state index contributed by atoms with van der Waals surface area (Å²) in [6, 6.07) is 0. The number of carboxylic acids is 1. The van der Waals surface area contributed by atoms with Crippen LogP contribution >= 0.6 is 0 Å². The standard InChI is InChI=1S/C9H13N3O2/c1-6-7(12-5-4-11-6)9(2,10-3)8(13)14/h4-5,10H,1-3H3,(H,13,14). The molecule has 0 saturated carbocycles. The van der Waals surface area contributed by atoms with Crippen LogP contribution < -0.4 is 5.32 Å². The van der Waals surface area contributed by atoms with E-state index in [-0.39, 0.29) is 0 Å². The molecule has 1 aromatic rings. The molecule has 0 saturated heterocycles. The number of nitrogens with zero attached hydrogens (tertiary/aromatic N) is 2. The predicted molar refractivity (Wildman–Crippen MR) is 50.8 cm³/mol. The van der Waals surface area contributed by atoms with Gasteiger partial charge in [-0.3, -0.25) is 9.97 Å². The Bertz CT molecular complexity index is 354. The van der Waals surface area contributed by atoms with Crippen molar-refractivity contribution < 1.29 is 9.90 Å². The fourth-order valence-corrected chi connectivity index (χ4v) is 1.23. The van der Waals surface area contributed by atoms with Crippen LogP contribution in [0.5, 0.6) is 0 Å². The first-order chi connectivity index (χ1) is 6.52. The molecule has 0 aromatic carbocycles. The normalized spacial score (nSPS) is 14.8. The van der Waals surface area contributed by atoms with E-state index in [0.717, 1.165) is 0 Å². The van der Waals surface area contributed by atoms with Gasteiger partial charge in [0.05, 0.1) is 11.4 Å². The van der Waals surface area contributed by atoms with Crippen molar-refractivity contribution in [3.63, 3.8) is 0 Å². The molecule has 1 rings (SSSR count). The second-order valence-corrected chi connectivity index (χ2v) is 3.17. The van der Waals surface area contributed by atoms with Crippen molar-refractivity contribution >= 4 is 5.97 Å². The summed E-state index contributed by atoms with van der Waals surface area (Å²) in [7, 11) is 1.59. The number of aliphatic carboxylic acids is 1. The SMILES string of the molecule is CNC(C)(C(=O)O)c1nccnc1C. The molecular weight excluding hydrogens is 182 g/mol. The minimum Gasteiger partial charge on any atom is -0.480 e. The smallest absolute Gasteiger partial charge is 0.329 e. The number of hydrogen-bond acceptors (Lipinski definition) is 4. The van der Waals surface area contributed by atoms with Crippen molar-refractivity contribution in [2.75, 3.05) is 7.05 Å². The third kappa shape index (κ3) is 1.58. The molecule has 0 aliphatic carbocycles. The van der Waals surface area contributed by atoms with Crippen molar-refractivity contribution in [3.05, 3.63) is 23.8 Å². The fourth-order valence-electron chi connectivity index (χ4n) is 1.23. The van der Waals surface area contributed by atoms with Crippen molar-refractivity contribution in [3.8, 4) is 0 Å². The molecule has 1 heterocycles. The van der Waals surface area contributed by atoms with Gasteiger partial charge in [0.25, 0.3) is 0 Å². The molecule has 0 radical (unpaired) electrons. The van der Waals surface area contributed by atoms with Crippen LogP contribution in [0.4, 0.5) is 0 Å². The molecule has 0 fully saturated rings. The zero-order valence-electron chi connectivity index (χ0n) is 8.40. The summed E-state index contributed by atoms with van der Waals surface area (Å²) in [5.74, 6) is -0.969. The predicted octanol–water partition coefficient (Wildman–Crippen LogP) is 0.304. The Morgan fingerprint density at radius 2 is 2.07 bits per heavy atom. The lowest BCUT2D eigenvalue weighted by molar-refractivity contribution is -0.144. The number of nitrogens with one attached hydrogen (secondary N) is 1. The molecule has 0 amide bonds. The van der Waals surface area contributed by atoms with Gasteiger partial charge in [-0.25, -0.2) is 4.79 Å².